The summed E-state index contributed by atoms with van der Waals surface area (Å²) < 4.78 is 5.21. The Balaban J connectivity index is 1.46. The largest absolute Gasteiger partial charge is 0.460 e. The average Bonchev–Trinajstić information content (AvgIpc) is 2.72. The van der Waals surface area contributed by atoms with Gasteiger partial charge >= 0.3 is 5.97 Å². The average molecular weight is 345 g/mol. The quantitative estimate of drug-likeness (QED) is 0.691. The minimum atomic E-state index is -0.471. The molecule has 3 aromatic carbocycles. The predicted molar refractivity (Wildman–Crippen MR) is 100 cm³/mol. The first-order chi connectivity index (χ1) is 12.7. The number of hydrogen-bond acceptors (Lipinski definition) is 3. The molecule has 0 saturated carbocycles. The number of amides is 1. The summed E-state index contributed by atoms with van der Waals surface area (Å²) in [5, 5.41) is 2.55. The molecule has 26 heavy (non-hydrogen) atoms. The molecule has 0 aliphatic rings. The fourth-order valence-corrected chi connectivity index (χ4v) is 2.48. The second-order valence-electron chi connectivity index (χ2n) is 5.77. The first kappa shape index (κ1) is 17.4. The molecule has 0 aliphatic carbocycles. The predicted octanol–water partition coefficient (Wildman–Crippen LogP) is 3.83. The summed E-state index contributed by atoms with van der Waals surface area (Å²) in [6.07, 6.45) is 0. The molecular weight excluding hydrogens is 326 g/mol. The van der Waals surface area contributed by atoms with Gasteiger partial charge in [-0.15, -0.1) is 0 Å². The number of ether oxygens (including phenoxy) is 1. The molecule has 0 spiro atoms. The molecular formula is C22H19NO3. The van der Waals surface area contributed by atoms with E-state index in [9.17, 15) is 9.59 Å². The molecule has 0 saturated heterocycles. The van der Waals surface area contributed by atoms with Crippen molar-refractivity contribution >= 4 is 11.9 Å². The lowest BCUT2D eigenvalue weighted by atomic mass is 10.0. The molecule has 0 atom stereocenters. The molecule has 1 N–H and O–H groups in total. The highest BCUT2D eigenvalue weighted by atomic mass is 16.5. The Morgan fingerprint density at radius 2 is 1.31 bits per heavy atom. The van der Waals surface area contributed by atoms with E-state index in [0.29, 0.717) is 5.56 Å². The summed E-state index contributed by atoms with van der Waals surface area (Å²) in [4.78, 5) is 23.7. The minimum Gasteiger partial charge on any atom is -0.460 e. The summed E-state index contributed by atoms with van der Waals surface area (Å²) in [6.45, 7) is 0.0188. The molecule has 0 heterocycles. The molecule has 0 bridgehead atoms. The lowest BCUT2D eigenvalue weighted by Gasteiger charge is -2.08. The van der Waals surface area contributed by atoms with E-state index in [0.717, 1.165) is 16.7 Å². The third-order valence-corrected chi connectivity index (χ3v) is 3.89. The lowest BCUT2D eigenvalue weighted by Crippen LogP contribution is -2.30. The Bertz CT molecular complexity index is 859. The van der Waals surface area contributed by atoms with Gasteiger partial charge in [0.2, 0.25) is 0 Å². The standard InChI is InChI=1S/C22H19NO3/c24-21(15-23-22(25)20-9-5-2-6-10-20)26-16-17-11-13-19(14-12-17)18-7-3-1-4-8-18/h1-14H,15-16H2,(H,23,25). The van der Waals surface area contributed by atoms with Crippen LogP contribution in [0.15, 0.2) is 84.9 Å². The molecule has 0 radical (unpaired) electrons. The van der Waals surface area contributed by atoms with Crippen molar-refractivity contribution in [3.8, 4) is 11.1 Å². The monoisotopic (exact) mass is 345 g/mol. The van der Waals surface area contributed by atoms with Gasteiger partial charge in [-0.3, -0.25) is 9.59 Å². The van der Waals surface area contributed by atoms with Crippen LogP contribution in [0.25, 0.3) is 11.1 Å². The smallest absolute Gasteiger partial charge is 0.325 e. The number of benzene rings is 3. The van der Waals surface area contributed by atoms with Gasteiger partial charge < -0.3 is 10.1 Å². The van der Waals surface area contributed by atoms with Crippen LogP contribution in [-0.2, 0) is 16.1 Å². The maximum Gasteiger partial charge on any atom is 0.325 e. The third-order valence-electron chi connectivity index (χ3n) is 3.89. The normalized spacial score (nSPS) is 10.2. The molecule has 0 aromatic heterocycles. The van der Waals surface area contributed by atoms with Crippen molar-refractivity contribution in [3.63, 3.8) is 0 Å². The molecule has 4 heteroatoms. The van der Waals surface area contributed by atoms with E-state index in [1.165, 1.54) is 0 Å². The van der Waals surface area contributed by atoms with E-state index in [1.807, 2.05) is 60.7 Å². The van der Waals surface area contributed by atoms with Crippen LogP contribution in [0.1, 0.15) is 15.9 Å². The zero-order valence-electron chi connectivity index (χ0n) is 14.2. The van der Waals surface area contributed by atoms with Gasteiger partial charge in [-0.05, 0) is 28.8 Å². The highest BCUT2D eigenvalue weighted by Crippen LogP contribution is 2.19. The summed E-state index contributed by atoms with van der Waals surface area (Å²) in [5.74, 6) is -0.767. The number of carbonyl (C=O) groups is 2. The van der Waals surface area contributed by atoms with Gasteiger partial charge in [-0.1, -0.05) is 72.8 Å². The van der Waals surface area contributed by atoms with Crippen molar-refractivity contribution < 1.29 is 14.3 Å². The zero-order valence-corrected chi connectivity index (χ0v) is 14.2. The van der Waals surface area contributed by atoms with Crippen LogP contribution >= 0.6 is 0 Å². The lowest BCUT2D eigenvalue weighted by molar-refractivity contribution is -0.143. The highest BCUT2D eigenvalue weighted by molar-refractivity contribution is 5.95. The Hall–Kier alpha value is -3.40. The number of carbonyl (C=O) groups excluding carboxylic acids is 2. The maximum absolute atomic E-state index is 11.9. The van der Waals surface area contributed by atoms with Crippen molar-refractivity contribution in [2.24, 2.45) is 0 Å². The fourth-order valence-electron chi connectivity index (χ4n) is 2.48. The van der Waals surface area contributed by atoms with Gasteiger partial charge in [-0.25, -0.2) is 0 Å². The highest BCUT2D eigenvalue weighted by Gasteiger charge is 2.08. The molecule has 130 valence electrons. The molecule has 3 aromatic rings. The van der Waals surface area contributed by atoms with Gasteiger partial charge in [0.25, 0.3) is 5.91 Å². The van der Waals surface area contributed by atoms with Crippen molar-refractivity contribution in [1.29, 1.82) is 0 Å². The van der Waals surface area contributed by atoms with Crippen LogP contribution in [0.3, 0.4) is 0 Å². The van der Waals surface area contributed by atoms with E-state index in [1.54, 1.807) is 24.3 Å². The first-order valence-electron chi connectivity index (χ1n) is 8.35. The SMILES string of the molecule is O=C(CNC(=O)c1ccccc1)OCc1ccc(-c2ccccc2)cc1. The van der Waals surface area contributed by atoms with Crippen molar-refractivity contribution in [3.05, 3.63) is 96.1 Å². The van der Waals surface area contributed by atoms with E-state index in [2.05, 4.69) is 5.32 Å². The van der Waals surface area contributed by atoms with Gasteiger partial charge in [0, 0.05) is 5.56 Å². The van der Waals surface area contributed by atoms with E-state index >= 15 is 0 Å². The van der Waals surface area contributed by atoms with E-state index in [-0.39, 0.29) is 19.1 Å². The Morgan fingerprint density at radius 1 is 0.731 bits per heavy atom. The minimum absolute atomic E-state index is 0.157. The van der Waals surface area contributed by atoms with Crippen LogP contribution in [0, 0.1) is 0 Å². The molecule has 0 aliphatic heterocycles. The molecule has 0 unspecified atom stereocenters. The van der Waals surface area contributed by atoms with Crippen LogP contribution < -0.4 is 5.32 Å². The number of rotatable bonds is 6. The number of nitrogens with one attached hydrogen (secondary N) is 1. The van der Waals surface area contributed by atoms with Crippen molar-refractivity contribution in [1.82, 2.24) is 5.32 Å². The summed E-state index contributed by atoms with van der Waals surface area (Å²) >= 11 is 0. The Morgan fingerprint density at radius 3 is 1.96 bits per heavy atom. The molecule has 4 nitrogen and oxygen atoms in total. The van der Waals surface area contributed by atoms with Crippen molar-refractivity contribution in [2.75, 3.05) is 6.54 Å². The third kappa shape index (κ3) is 4.80. The molecule has 3 rings (SSSR count). The Kier molecular flexibility index (Phi) is 5.78. The second kappa shape index (κ2) is 8.62. The number of esters is 1. The Labute approximate surface area is 152 Å². The maximum atomic E-state index is 11.9. The van der Waals surface area contributed by atoms with Gasteiger partial charge in [-0.2, -0.15) is 0 Å². The van der Waals surface area contributed by atoms with Gasteiger partial charge in [0.05, 0.1) is 0 Å². The number of hydrogen-bond donors (Lipinski definition) is 1. The van der Waals surface area contributed by atoms with Gasteiger partial charge in [0.1, 0.15) is 13.2 Å². The van der Waals surface area contributed by atoms with Crippen LogP contribution in [0.5, 0.6) is 0 Å². The van der Waals surface area contributed by atoms with E-state index in [4.69, 9.17) is 4.74 Å². The van der Waals surface area contributed by atoms with E-state index < -0.39 is 5.97 Å². The fraction of sp³-hybridized carbons (Fsp3) is 0.0909. The second-order valence-corrected chi connectivity index (χ2v) is 5.77. The molecule has 0 fully saturated rings. The van der Waals surface area contributed by atoms with Crippen LogP contribution in [-0.4, -0.2) is 18.4 Å². The van der Waals surface area contributed by atoms with Crippen LogP contribution in [0.4, 0.5) is 0 Å². The first-order valence-corrected chi connectivity index (χ1v) is 8.35. The van der Waals surface area contributed by atoms with Crippen LogP contribution in [0.2, 0.25) is 0 Å². The summed E-state index contributed by atoms with van der Waals surface area (Å²) in [7, 11) is 0. The topological polar surface area (TPSA) is 55.4 Å². The van der Waals surface area contributed by atoms with Gasteiger partial charge in [0.15, 0.2) is 0 Å². The molecule has 1 amide bonds. The summed E-state index contributed by atoms with van der Waals surface area (Å²) in [6, 6.07) is 26.7. The van der Waals surface area contributed by atoms with Crippen molar-refractivity contribution in [2.45, 2.75) is 6.61 Å². The zero-order chi connectivity index (χ0) is 18.2. The summed E-state index contributed by atoms with van der Waals surface area (Å²) in [5.41, 5.74) is 3.65.